The van der Waals surface area contributed by atoms with Gasteiger partial charge in [0.1, 0.15) is 0 Å². The molecule has 0 N–H and O–H groups in total. The Labute approximate surface area is 112 Å². The number of rotatable bonds is 3. The Hall–Kier alpha value is -1.83. The first-order valence-corrected chi connectivity index (χ1v) is 6.72. The molecule has 0 saturated carbocycles. The van der Waals surface area contributed by atoms with Gasteiger partial charge in [0.25, 0.3) is 5.56 Å². The lowest BCUT2D eigenvalue weighted by molar-refractivity contribution is -0.110. The molecule has 2 aromatic heterocycles. The van der Waals surface area contributed by atoms with Gasteiger partial charge in [-0.05, 0) is 0 Å². The van der Waals surface area contributed by atoms with Crippen LogP contribution in [0.2, 0.25) is 0 Å². The summed E-state index contributed by atoms with van der Waals surface area (Å²) in [7, 11) is 2.98. The number of thioether (sulfide) groups is 1. The molecule has 0 saturated heterocycles. The molecule has 0 aliphatic heterocycles. The van der Waals surface area contributed by atoms with Crippen molar-refractivity contribution in [1.29, 1.82) is 0 Å². The SMILES string of the molecule is CCC(=O)SCn1cnc2c1c(=O)n(C)c(=O)n2C. The van der Waals surface area contributed by atoms with Crippen molar-refractivity contribution >= 4 is 28.0 Å². The molecular weight excluding hydrogens is 268 g/mol. The fourth-order valence-corrected chi connectivity index (χ4v) is 2.42. The molecule has 2 aromatic rings. The minimum Gasteiger partial charge on any atom is -0.314 e. The maximum Gasteiger partial charge on any atom is 0.332 e. The molecule has 0 bridgehead atoms. The summed E-state index contributed by atoms with van der Waals surface area (Å²) in [5.41, 5.74) is -0.154. The van der Waals surface area contributed by atoms with Gasteiger partial charge >= 0.3 is 5.69 Å². The van der Waals surface area contributed by atoms with Crippen LogP contribution in [0, 0.1) is 0 Å². The maximum atomic E-state index is 12.1. The molecule has 19 heavy (non-hydrogen) atoms. The summed E-state index contributed by atoms with van der Waals surface area (Å²) < 4.78 is 3.95. The van der Waals surface area contributed by atoms with Gasteiger partial charge in [-0.15, -0.1) is 0 Å². The third-order valence-corrected chi connectivity index (χ3v) is 3.89. The molecule has 0 fully saturated rings. The monoisotopic (exact) mass is 282 g/mol. The predicted molar refractivity (Wildman–Crippen MR) is 73.1 cm³/mol. The molecule has 0 unspecified atom stereocenters. The Morgan fingerprint density at radius 3 is 2.63 bits per heavy atom. The van der Waals surface area contributed by atoms with Crippen molar-refractivity contribution in [2.24, 2.45) is 14.1 Å². The predicted octanol–water partition coefficient (Wildman–Crippen LogP) is 0.0610. The second-order valence-electron chi connectivity index (χ2n) is 4.09. The van der Waals surface area contributed by atoms with Gasteiger partial charge in [-0.25, -0.2) is 9.78 Å². The van der Waals surface area contributed by atoms with Gasteiger partial charge in [0.05, 0.1) is 12.2 Å². The van der Waals surface area contributed by atoms with Crippen LogP contribution in [0.1, 0.15) is 13.3 Å². The summed E-state index contributed by atoms with van der Waals surface area (Å²) in [6, 6.07) is 0. The summed E-state index contributed by atoms with van der Waals surface area (Å²) in [4.78, 5) is 39.2. The topological polar surface area (TPSA) is 78.9 Å². The van der Waals surface area contributed by atoms with Gasteiger partial charge in [-0.1, -0.05) is 18.7 Å². The Morgan fingerprint density at radius 2 is 2.00 bits per heavy atom. The van der Waals surface area contributed by atoms with Crippen LogP contribution in [-0.2, 0) is 24.8 Å². The normalized spacial score (nSPS) is 11.1. The van der Waals surface area contributed by atoms with E-state index in [1.165, 1.54) is 17.9 Å². The molecule has 8 heteroatoms. The number of hydrogen-bond acceptors (Lipinski definition) is 5. The van der Waals surface area contributed by atoms with Gasteiger partial charge in [-0.2, -0.15) is 0 Å². The van der Waals surface area contributed by atoms with E-state index in [1.54, 1.807) is 18.5 Å². The molecule has 0 atom stereocenters. The first-order chi connectivity index (χ1) is 8.97. The average Bonchev–Trinajstić information content (AvgIpc) is 2.84. The van der Waals surface area contributed by atoms with E-state index in [-0.39, 0.29) is 5.12 Å². The molecule has 102 valence electrons. The zero-order valence-corrected chi connectivity index (χ0v) is 11.7. The van der Waals surface area contributed by atoms with E-state index in [0.29, 0.717) is 23.5 Å². The number of carbonyl (C=O) groups excluding carboxylic acids is 1. The van der Waals surface area contributed by atoms with Gasteiger partial charge < -0.3 is 4.57 Å². The molecular formula is C11H14N4O3S. The van der Waals surface area contributed by atoms with Crippen LogP contribution in [0.5, 0.6) is 0 Å². The lowest BCUT2D eigenvalue weighted by atomic mass is 10.5. The standard InChI is InChI=1S/C11H14N4O3S/c1-4-7(16)19-6-15-5-12-9-8(15)10(17)14(3)11(18)13(9)2/h5H,4,6H2,1-3H3. The quantitative estimate of drug-likeness (QED) is 0.795. The second kappa shape index (κ2) is 5.04. The van der Waals surface area contributed by atoms with Gasteiger partial charge in [0, 0.05) is 20.5 Å². The van der Waals surface area contributed by atoms with Crippen molar-refractivity contribution < 1.29 is 4.79 Å². The van der Waals surface area contributed by atoms with Crippen LogP contribution >= 0.6 is 11.8 Å². The van der Waals surface area contributed by atoms with Crippen LogP contribution in [0.25, 0.3) is 11.2 Å². The highest BCUT2D eigenvalue weighted by molar-refractivity contribution is 8.12. The fourth-order valence-electron chi connectivity index (χ4n) is 1.74. The van der Waals surface area contributed by atoms with E-state index in [2.05, 4.69) is 4.98 Å². The first-order valence-electron chi connectivity index (χ1n) is 5.73. The first kappa shape index (κ1) is 13.6. The third-order valence-electron chi connectivity index (χ3n) is 2.87. The fraction of sp³-hybridized carbons (Fsp3) is 0.455. The number of hydrogen-bond donors (Lipinski definition) is 0. The molecule has 2 rings (SSSR count). The Balaban J connectivity index is 2.57. The van der Waals surface area contributed by atoms with Gasteiger partial charge in [-0.3, -0.25) is 18.7 Å². The summed E-state index contributed by atoms with van der Waals surface area (Å²) in [5, 5.41) is 0.0449. The molecule has 0 aromatic carbocycles. The Morgan fingerprint density at radius 1 is 1.32 bits per heavy atom. The summed E-state index contributed by atoms with van der Waals surface area (Å²) >= 11 is 1.12. The van der Waals surface area contributed by atoms with Crippen LogP contribution in [0.3, 0.4) is 0 Å². The van der Waals surface area contributed by atoms with Crippen molar-refractivity contribution in [3.8, 4) is 0 Å². The Kier molecular flexibility index (Phi) is 3.61. The second-order valence-corrected chi connectivity index (χ2v) is 5.09. The highest BCUT2D eigenvalue weighted by atomic mass is 32.2. The van der Waals surface area contributed by atoms with E-state index in [0.717, 1.165) is 16.3 Å². The Bertz CT molecular complexity index is 756. The van der Waals surface area contributed by atoms with Crippen LogP contribution in [0.4, 0.5) is 0 Å². The van der Waals surface area contributed by atoms with Crippen molar-refractivity contribution in [2.75, 3.05) is 0 Å². The van der Waals surface area contributed by atoms with E-state index in [1.807, 2.05) is 0 Å². The zero-order chi connectivity index (χ0) is 14.2. The number of fused-ring (bicyclic) bond motifs is 1. The van der Waals surface area contributed by atoms with E-state index >= 15 is 0 Å². The molecule has 0 amide bonds. The van der Waals surface area contributed by atoms with Crippen molar-refractivity contribution in [3.63, 3.8) is 0 Å². The van der Waals surface area contributed by atoms with Crippen LogP contribution in [0.15, 0.2) is 15.9 Å². The molecule has 7 nitrogen and oxygen atoms in total. The molecule has 0 spiro atoms. The number of aryl methyl sites for hydroxylation is 1. The van der Waals surface area contributed by atoms with Crippen molar-refractivity contribution in [3.05, 3.63) is 27.2 Å². The van der Waals surface area contributed by atoms with Gasteiger partial charge in [0.2, 0.25) is 0 Å². The lowest BCUT2D eigenvalue weighted by Gasteiger charge is -2.05. The summed E-state index contributed by atoms with van der Waals surface area (Å²) in [5.74, 6) is 0.316. The van der Waals surface area contributed by atoms with E-state index in [9.17, 15) is 14.4 Å². The average molecular weight is 282 g/mol. The third kappa shape index (κ3) is 2.23. The number of imidazole rings is 1. The molecule has 0 aliphatic carbocycles. The minimum atomic E-state index is -0.417. The smallest absolute Gasteiger partial charge is 0.314 e. The number of nitrogens with zero attached hydrogens (tertiary/aromatic N) is 4. The van der Waals surface area contributed by atoms with Crippen molar-refractivity contribution in [2.45, 2.75) is 19.2 Å². The van der Waals surface area contributed by atoms with Crippen molar-refractivity contribution in [1.82, 2.24) is 18.7 Å². The van der Waals surface area contributed by atoms with E-state index < -0.39 is 11.2 Å². The lowest BCUT2D eigenvalue weighted by Crippen LogP contribution is -2.37. The van der Waals surface area contributed by atoms with E-state index in [4.69, 9.17) is 0 Å². The minimum absolute atomic E-state index is 0.0449. The molecule has 0 radical (unpaired) electrons. The van der Waals surface area contributed by atoms with Crippen LogP contribution < -0.4 is 11.2 Å². The van der Waals surface area contributed by atoms with Crippen LogP contribution in [-0.4, -0.2) is 23.8 Å². The summed E-state index contributed by atoms with van der Waals surface area (Å²) in [6.45, 7) is 1.78. The van der Waals surface area contributed by atoms with Gasteiger partial charge in [0.15, 0.2) is 16.3 Å². The number of aromatic nitrogens is 4. The highest BCUT2D eigenvalue weighted by Gasteiger charge is 2.14. The zero-order valence-electron chi connectivity index (χ0n) is 10.9. The summed E-state index contributed by atoms with van der Waals surface area (Å²) in [6.07, 6.45) is 1.91. The molecule has 0 aliphatic rings. The highest BCUT2D eigenvalue weighted by Crippen LogP contribution is 2.13. The molecule has 2 heterocycles. The maximum absolute atomic E-state index is 12.1. The number of carbonyl (C=O) groups is 1. The largest absolute Gasteiger partial charge is 0.332 e.